The summed E-state index contributed by atoms with van der Waals surface area (Å²) in [6.45, 7) is 8.01. The Morgan fingerprint density at radius 1 is 0.867 bits per heavy atom. The van der Waals surface area contributed by atoms with Gasteiger partial charge in [0.2, 0.25) is 0 Å². The second kappa shape index (κ2) is 4.43. The smallest absolute Gasteiger partial charge is 0.151 e. The molecule has 0 aliphatic rings. The molecule has 0 saturated heterocycles. The van der Waals surface area contributed by atoms with E-state index in [4.69, 9.17) is 4.42 Å². The maximum absolute atomic E-state index is 5.79. The van der Waals surface area contributed by atoms with E-state index in [2.05, 4.69) is 23.8 Å². The Balaban J connectivity index is 3.37. The molecule has 15 heavy (non-hydrogen) atoms. The van der Waals surface area contributed by atoms with Crippen LogP contribution in [0.15, 0.2) is 14.4 Å². The van der Waals surface area contributed by atoms with Crippen molar-refractivity contribution in [3.05, 3.63) is 22.6 Å². The van der Waals surface area contributed by atoms with Crippen molar-refractivity contribution >= 4 is 11.4 Å². The Kier molecular flexibility index (Phi) is 3.45. The Morgan fingerprint density at radius 3 is 1.47 bits per heavy atom. The molecule has 0 saturated carbocycles. The molecule has 3 heteroatoms. The summed E-state index contributed by atoms with van der Waals surface area (Å²) in [7, 11) is 3.54. The molecule has 1 aromatic heterocycles. The molecule has 82 valence electrons. The first-order valence-corrected chi connectivity index (χ1v) is 5.00. The fraction of sp³-hybridized carbons (Fsp3) is 0.500. The van der Waals surface area contributed by atoms with E-state index in [0.29, 0.717) is 0 Å². The van der Waals surface area contributed by atoms with Crippen LogP contribution in [0.3, 0.4) is 0 Å². The summed E-state index contributed by atoms with van der Waals surface area (Å²) in [4.78, 5) is 8.28. The van der Waals surface area contributed by atoms with Crippen LogP contribution in [0.4, 0.5) is 0 Å². The van der Waals surface area contributed by atoms with Gasteiger partial charge in [-0.05, 0) is 27.7 Å². The average Bonchev–Trinajstić information content (AvgIpc) is 2.54. The van der Waals surface area contributed by atoms with Gasteiger partial charge in [-0.15, -0.1) is 0 Å². The van der Waals surface area contributed by atoms with Crippen LogP contribution in [0, 0.1) is 13.8 Å². The van der Waals surface area contributed by atoms with E-state index < -0.39 is 0 Å². The molecule has 0 aromatic carbocycles. The van der Waals surface area contributed by atoms with Crippen LogP contribution < -0.4 is 0 Å². The molecule has 0 aliphatic heterocycles. The van der Waals surface area contributed by atoms with Gasteiger partial charge >= 0.3 is 0 Å². The highest BCUT2D eigenvalue weighted by Crippen LogP contribution is 2.22. The van der Waals surface area contributed by atoms with Crippen molar-refractivity contribution < 1.29 is 4.42 Å². The summed E-state index contributed by atoms with van der Waals surface area (Å²) < 4.78 is 5.79. The van der Waals surface area contributed by atoms with Crippen molar-refractivity contribution in [2.24, 2.45) is 9.98 Å². The standard InChI is InChI=1S/C12H18N2O/c1-7-8(2)12(10(4)14-6)15-11(7)9(3)13-5/h1-6H3. The number of nitrogens with zero attached hydrogens (tertiary/aromatic N) is 2. The highest BCUT2D eigenvalue weighted by molar-refractivity contribution is 6.02. The Bertz CT molecular complexity index is 387. The quantitative estimate of drug-likeness (QED) is 0.685. The van der Waals surface area contributed by atoms with Gasteiger partial charge in [-0.2, -0.15) is 0 Å². The van der Waals surface area contributed by atoms with Crippen molar-refractivity contribution in [3.63, 3.8) is 0 Å². The van der Waals surface area contributed by atoms with Gasteiger partial charge in [-0.25, -0.2) is 0 Å². The van der Waals surface area contributed by atoms with Crippen molar-refractivity contribution in [3.8, 4) is 0 Å². The third-order valence-corrected chi connectivity index (χ3v) is 2.78. The normalized spacial score (nSPS) is 13.5. The Hall–Kier alpha value is -1.38. The van der Waals surface area contributed by atoms with Crippen molar-refractivity contribution in [2.75, 3.05) is 14.1 Å². The van der Waals surface area contributed by atoms with E-state index in [0.717, 1.165) is 34.1 Å². The molecule has 0 bridgehead atoms. The lowest BCUT2D eigenvalue weighted by atomic mass is 10.1. The summed E-state index contributed by atoms with van der Waals surface area (Å²) in [5.74, 6) is 1.74. The van der Waals surface area contributed by atoms with Gasteiger partial charge < -0.3 is 4.42 Å². The minimum atomic E-state index is 0.869. The minimum Gasteiger partial charge on any atom is -0.453 e. The third-order valence-electron chi connectivity index (χ3n) is 2.78. The second-order valence-electron chi connectivity index (χ2n) is 3.63. The highest BCUT2D eigenvalue weighted by Gasteiger charge is 2.16. The highest BCUT2D eigenvalue weighted by atomic mass is 16.3. The fourth-order valence-electron chi connectivity index (χ4n) is 1.49. The van der Waals surface area contributed by atoms with Crippen LogP contribution in [-0.2, 0) is 0 Å². The molecule has 0 radical (unpaired) electrons. The van der Waals surface area contributed by atoms with Crippen LogP contribution >= 0.6 is 0 Å². The summed E-state index contributed by atoms with van der Waals surface area (Å²) in [6, 6.07) is 0. The molecular formula is C12H18N2O. The lowest BCUT2D eigenvalue weighted by molar-refractivity contribution is 0.544. The topological polar surface area (TPSA) is 37.9 Å². The van der Waals surface area contributed by atoms with Crippen LogP contribution in [0.2, 0.25) is 0 Å². The predicted octanol–water partition coefficient (Wildman–Crippen LogP) is 2.77. The zero-order valence-electron chi connectivity index (χ0n) is 10.3. The molecule has 0 atom stereocenters. The molecule has 1 aromatic rings. The summed E-state index contributed by atoms with van der Waals surface area (Å²) in [5, 5.41) is 0. The van der Waals surface area contributed by atoms with E-state index in [9.17, 15) is 0 Å². The monoisotopic (exact) mass is 206 g/mol. The third kappa shape index (κ3) is 2.01. The van der Waals surface area contributed by atoms with Gasteiger partial charge in [0, 0.05) is 25.2 Å². The van der Waals surface area contributed by atoms with Gasteiger partial charge in [0.25, 0.3) is 0 Å². The van der Waals surface area contributed by atoms with E-state index in [1.807, 2.05) is 13.8 Å². The molecule has 1 heterocycles. The number of hydrogen-bond acceptors (Lipinski definition) is 3. The van der Waals surface area contributed by atoms with Crippen LogP contribution in [0.5, 0.6) is 0 Å². The molecule has 0 unspecified atom stereocenters. The van der Waals surface area contributed by atoms with Crippen molar-refractivity contribution in [2.45, 2.75) is 27.7 Å². The van der Waals surface area contributed by atoms with E-state index in [-0.39, 0.29) is 0 Å². The summed E-state index contributed by atoms with van der Waals surface area (Å²) in [6.07, 6.45) is 0. The first-order chi connectivity index (χ1) is 7.02. The minimum absolute atomic E-state index is 0.869. The lowest BCUT2D eigenvalue weighted by Gasteiger charge is -1.95. The second-order valence-corrected chi connectivity index (χ2v) is 3.63. The SMILES string of the molecule is CN=C(C)c1oc(C(C)=NC)c(C)c1C. The van der Waals surface area contributed by atoms with Crippen molar-refractivity contribution in [1.82, 2.24) is 0 Å². The zero-order chi connectivity index (χ0) is 11.6. The van der Waals surface area contributed by atoms with Gasteiger partial charge in [0.15, 0.2) is 11.5 Å². The Labute approximate surface area is 90.9 Å². The summed E-state index contributed by atoms with van der Waals surface area (Å²) >= 11 is 0. The molecule has 0 N–H and O–H groups in total. The van der Waals surface area contributed by atoms with E-state index in [1.165, 1.54) is 0 Å². The van der Waals surface area contributed by atoms with E-state index >= 15 is 0 Å². The van der Waals surface area contributed by atoms with Crippen LogP contribution in [0.1, 0.15) is 36.5 Å². The molecule has 0 amide bonds. The average molecular weight is 206 g/mol. The molecule has 0 spiro atoms. The van der Waals surface area contributed by atoms with Gasteiger partial charge in [0.1, 0.15) is 0 Å². The number of aliphatic imine (C=N–C) groups is 2. The maximum atomic E-state index is 5.79. The largest absolute Gasteiger partial charge is 0.453 e. The van der Waals surface area contributed by atoms with E-state index in [1.54, 1.807) is 14.1 Å². The molecule has 3 nitrogen and oxygen atoms in total. The maximum Gasteiger partial charge on any atom is 0.151 e. The first kappa shape index (κ1) is 11.7. The Morgan fingerprint density at radius 2 is 1.20 bits per heavy atom. The number of furan rings is 1. The van der Waals surface area contributed by atoms with Crippen LogP contribution in [0.25, 0.3) is 0 Å². The molecule has 0 aliphatic carbocycles. The molecule has 0 fully saturated rings. The van der Waals surface area contributed by atoms with Crippen LogP contribution in [-0.4, -0.2) is 25.5 Å². The van der Waals surface area contributed by atoms with Gasteiger partial charge in [-0.1, -0.05) is 0 Å². The molecule has 1 rings (SSSR count). The summed E-state index contributed by atoms with van der Waals surface area (Å²) in [5.41, 5.74) is 4.14. The first-order valence-electron chi connectivity index (χ1n) is 5.00. The fourth-order valence-corrected chi connectivity index (χ4v) is 1.49. The van der Waals surface area contributed by atoms with Gasteiger partial charge in [-0.3, -0.25) is 9.98 Å². The number of hydrogen-bond donors (Lipinski definition) is 0. The number of rotatable bonds is 2. The zero-order valence-corrected chi connectivity index (χ0v) is 10.3. The van der Waals surface area contributed by atoms with Gasteiger partial charge in [0.05, 0.1) is 11.4 Å². The predicted molar refractivity (Wildman–Crippen MR) is 64.5 cm³/mol. The van der Waals surface area contributed by atoms with Crippen molar-refractivity contribution in [1.29, 1.82) is 0 Å². The molecular weight excluding hydrogens is 188 g/mol. The lowest BCUT2D eigenvalue weighted by Crippen LogP contribution is -1.94.